The highest BCUT2D eigenvalue weighted by Gasteiger charge is 2.30. The number of hydrogen-bond donors (Lipinski definition) is 1. The summed E-state index contributed by atoms with van der Waals surface area (Å²) in [6.45, 7) is 11.7. The fourth-order valence-corrected chi connectivity index (χ4v) is 2.92. The van der Waals surface area contributed by atoms with E-state index >= 15 is 0 Å². The van der Waals surface area contributed by atoms with Crippen molar-refractivity contribution in [2.75, 3.05) is 19.6 Å². The Labute approximate surface area is 111 Å². The van der Waals surface area contributed by atoms with E-state index in [2.05, 4.69) is 50.8 Å². The van der Waals surface area contributed by atoms with Crippen LogP contribution in [-0.4, -0.2) is 29.6 Å². The van der Waals surface area contributed by atoms with E-state index in [1.807, 2.05) is 0 Å². The van der Waals surface area contributed by atoms with Crippen molar-refractivity contribution in [1.82, 2.24) is 4.90 Å². The molecule has 0 aromatic heterocycles. The average Bonchev–Trinajstić information content (AvgIpc) is 2.57. The van der Waals surface area contributed by atoms with Crippen molar-refractivity contribution in [2.24, 2.45) is 5.41 Å². The van der Waals surface area contributed by atoms with Gasteiger partial charge in [0.1, 0.15) is 0 Å². The molecule has 1 aromatic carbocycles. The van der Waals surface area contributed by atoms with Gasteiger partial charge in [-0.25, -0.2) is 0 Å². The van der Waals surface area contributed by atoms with Crippen molar-refractivity contribution >= 4 is 0 Å². The van der Waals surface area contributed by atoms with Gasteiger partial charge in [0.15, 0.2) is 0 Å². The van der Waals surface area contributed by atoms with Gasteiger partial charge in [-0.15, -0.1) is 0 Å². The van der Waals surface area contributed by atoms with Crippen LogP contribution in [0.15, 0.2) is 18.2 Å². The molecule has 2 nitrogen and oxygen atoms in total. The zero-order chi connectivity index (χ0) is 13.3. The first-order valence-corrected chi connectivity index (χ1v) is 6.85. The van der Waals surface area contributed by atoms with Gasteiger partial charge in [-0.2, -0.15) is 0 Å². The minimum absolute atomic E-state index is 0.362. The molecule has 2 heteroatoms. The smallest absolute Gasteiger partial charge is 0.0919 e. The number of β-amino-alcohol motifs (C(OH)–C–C–N with tert-alkyl or cyclic N) is 1. The van der Waals surface area contributed by atoms with Crippen molar-refractivity contribution in [3.05, 3.63) is 34.9 Å². The molecule has 0 radical (unpaired) electrons. The lowest BCUT2D eigenvalue weighted by atomic mass is 9.93. The largest absolute Gasteiger partial charge is 0.387 e. The van der Waals surface area contributed by atoms with Crippen LogP contribution < -0.4 is 0 Å². The molecule has 0 bridgehead atoms. The number of aliphatic hydroxyl groups excluding tert-OH is 1. The summed E-state index contributed by atoms with van der Waals surface area (Å²) in [5.41, 5.74) is 3.93. The summed E-state index contributed by atoms with van der Waals surface area (Å²) in [7, 11) is 0. The lowest BCUT2D eigenvalue weighted by molar-refractivity contribution is 0.120. The second-order valence-corrected chi connectivity index (χ2v) is 6.53. The highest BCUT2D eigenvalue weighted by Crippen LogP contribution is 2.30. The van der Waals surface area contributed by atoms with Crippen molar-refractivity contribution < 1.29 is 5.11 Å². The van der Waals surface area contributed by atoms with Gasteiger partial charge in [0.2, 0.25) is 0 Å². The molecule has 1 fully saturated rings. The normalized spacial score (nSPS) is 21.2. The molecule has 100 valence electrons. The van der Waals surface area contributed by atoms with Crippen LogP contribution in [0, 0.1) is 19.3 Å². The summed E-state index contributed by atoms with van der Waals surface area (Å²) in [5, 5.41) is 10.4. The molecule has 0 amide bonds. The fourth-order valence-electron chi connectivity index (χ4n) is 2.92. The minimum Gasteiger partial charge on any atom is -0.387 e. The van der Waals surface area contributed by atoms with Gasteiger partial charge in [-0.05, 0) is 43.4 Å². The first-order valence-electron chi connectivity index (χ1n) is 6.85. The van der Waals surface area contributed by atoms with Crippen LogP contribution in [0.3, 0.4) is 0 Å². The Morgan fingerprint density at radius 1 is 1.33 bits per heavy atom. The van der Waals surface area contributed by atoms with E-state index in [1.54, 1.807) is 0 Å². The monoisotopic (exact) mass is 247 g/mol. The number of rotatable bonds is 3. The number of benzene rings is 1. The molecule has 1 aliphatic heterocycles. The maximum atomic E-state index is 10.4. The van der Waals surface area contributed by atoms with Gasteiger partial charge < -0.3 is 5.11 Å². The second-order valence-electron chi connectivity index (χ2n) is 6.53. The molecule has 0 saturated carbocycles. The third kappa shape index (κ3) is 3.12. The van der Waals surface area contributed by atoms with Crippen LogP contribution >= 0.6 is 0 Å². The summed E-state index contributed by atoms with van der Waals surface area (Å²) in [6.07, 6.45) is 0.867. The minimum atomic E-state index is -0.362. The van der Waals surface area contributed by atoms with Crippen LogP contribution in [0.2, 0.25) is 0 Å². The van der Waals surface area contributed by atoms with E-state index in [0.29, 0.717) is 5.41 Å². The highest BCUT2D eigenvalue weighted by molar-refractivity contribution is 5.32. The SMILES string of the molecule is Cc1ccc(C(O)CN2CCC(C)(C)C2)c(C)c1. The molecule has 1 N–H and O–H groups in total. The summed E-state index contributed by atoms with van der Waals surface area (Å²) in [6, 6.07) is 6.29. The lowest BCUT2D eigenvalue weighted by Gasteiger charge is -2.23. The van der Waals surface area contributed by atoms with E-state index in [-0.39, 0.29) is 6.10 Å². The molecule has 1 aromatic rings. The highest BCUT2D eigenvalue weighted by atomic mass is 16.3. The molecule has 1 unspecified atom stereocenters. The Morgan fingerprint density at radius 2 is 2.06 bits per heavy atom. The first kappa shape index (κ1) is 13.6. The lowest BCUT2D eigenvalue weighted by Crippen LogP contribution is -2.28. The zero-order valence-corrected chi connectivity index (χ0v) is 12.0. The van der Waals surface area contributed by atoms with E-state index < -0.39 is 0 Å². The molecule has 1 heterocycles. The Balaban J connectivity index is 2.02. The van der Waals surface area contributed by atoms with Gasteiger partial charge in [0.05, 0.1) is 6.10 Å². The molecule has 18 heavy (non-hydrogen) atoms. The van der Waals surface area contributed by atoms with Crippen molar-refractivity contribution in [1.29, 1.82) is 0 Å². The molecule has 1 aliphatic rings. The Hall–Kier alpha value is -0.860. The number of aryl methyl sites for hydroxylation is 2. The van der Waals surface area contributed by atoms with Crippen LogP contribution in [0.4, 0.5) is 0 Å². The molecule has 1 atom stereocenters. The predicted octanol–water partition coefficient (Wildman–Crippen LogP) is 3.07. The van der Waals surface area contributed by atoms with Gasteiger partial charge in [0.25, 0.3) is 0 Å². The number of aliphatic hydroxyl groups is 1. The maximum Gasteiger partial charge on any atom is 0.0919 e. The Bertz CT molecular complexity index is 425. The standard InChI is InChI=1S/C16H25NO/c1-12-5-6-14(13(2)9-12)15(18)10-17-8-7-16(3,4)11-17/h5-6,9,15,18H,7-8,10-11H2,1-4H3. The maximum absolute atomic E-state index is 10.4. The van der Waals surface area contributed by atoms with Gasteiger partial charge in [-0.1, -0.05) is 37.6 Å². The van der Waals surface area contributed by atoms with Gasteiger partial charge >= 0.3 is 0 Å². The van der Waals surface area contributed by atoms with Crippen LogP contribution in [0.1, 0.15) is 43.1 Å². The third-order valence-corrected chi connectivity index (χ3v) is 3.97. The van der Waals surface area contributed by atoms with Crippen LogP contribution in [0.5, 0.6) is 0 Å². The summed E-state index contributed by atoms with van der Waals surface area (Å²) in [5.74, 6) is 0. The van der Waals surface area contributed by atoms with E-state index in [0.717, 1.165) is 25.2 Å². The van der Waals surface area contributed by atoms with Crippen molar-refractivity contribution in [3.63, 3.8) is 0 Å². The number of hydrogen-bond acceptors (Lipinski definition) is 2. The number of likely N-dealkylation sites (tertiary alicyclic amines) is 1. The first-order chi connectivity index (χ1) is 8.37. The zero-order valence-electron chi connectivity index (χ0n) is 12.0. The van der Waals surface area contributed by atoms with E-state index in [9.17, 15) is 5.11 Å². The molecule has 2 rings (SSSR count). The van der Waals surface area contributed by atoms with Crippen molar-refractivity contribution in [3.8, 4) is 0 Å². The Morgan fingerprint density at radius 3 is 2.61 bits per heavy atom. The quantitative estimate of drug-likeness (QED) is 0.887. The van der Waals surface area contributed by atoms with Crippen molar-refractivity contribution in [2.45, 2.75) is 40.2 Å². The van der Waals surface area contributed by atoms with Gasteiger partial charge in [0, 0.05) is 13.1 Å². The number of nitrogens with zero attached hydrogens (tertiary/aromatic N) is 1. The molecular weight excluding hydrogens is 222 g/mol. The van der Waals surface area contributed by atoms with Gasteiger partial charge in [-0.3, -0.25) is 4.90 Å². The summed E-state index contributed by atoms with van der Waals surface area (Å²) >= 11 is 0. The van der Waals surface area contributed by atoms with E-state index in [4.69, 9.17) is 0 Å². The summed E-state index contributed by atoms with van der Waals surface area (Å²) in [4.78, 5) is 2.38. The third-order valence-electron chi connectivity index (χ3n) is 3.97. The Kier molecular flexibility index (Phi) is 3.79. The second kappa shape index (κ2) is 5.02. The molecule has 0 aliphatic carbocycles. The topological polar surface area (TPSA) is 23.5 Å². The molecular formula is C16H25NO. The van der Waals surface area contributed by atoms with Crippen LogP contribution in [0.25, 0.3) is 0 Å². The fraction of sp³-hybridized carbons (Fsp3) is 0.625. The van der Waals surface area contributed by atoms with Crippen LogP contribution in [-0.2, 0) is 0 Å². The average molecular weight is 247 g/mol. The molecule has 1 saturated heterocycles. The summed E-state index contributed by atoms with van der Waals surface area (Å²) < 4.78 is 0. The molecule has 0 spiro atoms. The predicted molar refractivity (Wildman–Crippen MR) is 75.7 cm³/mol. The van der Waals surface area contributed by atoms with E-state index in [1.165, 1.54) is 17.5 Å².